The number of aryl methyl sites for hydroxylation is 1. The first kappa shape index (κ1) is 27.7. The largest absolute Gasteiger partial charge is 0.487 e. The quantitative estimate of drug-likeness (QED) is 0.154. The molecule has 6 nitrogen and oxygen atoms in total. The standard InChI is InChI=1S/C35H33NO5/c1-2-3-12-32-29(28-11-7-8-13-31(28)41-32)20-24-14-16-26(17-15-24)27-18-19-33(40-23-25-9-5-4-6-10-25)30(21-27)36-34(37)22-35(38)39/h4-11,13-19,21H,2-3,12,20,22-23H2,1H3,(H,36,37)(H,38,39). The molecule has 4 aromatic carbocycles. The molecular formula is C35H33NO5. The van der Waals surface area contributed by atoms with E-state index in [9.17, 15) is 9.59 Å². The SMILES string of the molecule is CCCCc1oc2ccccc2c1Cc1ccc(-c2ccc(OCc3ccccc3)c(NC(=O)CC(=O)O)c2)cc1. The number of para-hydroxylation sites is 1. The Hall–Kier alpha value is -4.84. The minimum atomic E-state index is -1.19. The fraction of sp³-hybridized carbons (Fsp3) is 0.200. The molecule has 0 aliphatic heterocycles. The molecule has 6 heteroatoms. The number of carbonyl (C=O) groups is 2. The number of benzene rings is 4. The van der Waals surface area contributed by atoms with E-state index in [0.717, 1.165) is 59.1 Å². The maximum absolute atomic E-state index is 12.3. The predicted molar refractivity (Wildman–Crippen MR) is 161 cm³/mol. The van der Waals surface area contributed by atoms with Gasteiger partial charge in [-0.3, -0.25) is 9.59 Å². The molecule has 5 rings (SSSR count). The van der Waals surface area contributed by atoms with Gasteiger partial charge in [-0.2, -0.15) is 0 Å². The van der Waals surface area contributed by atoms with E-state index in [-0.39, 0.29) is 0 Å². The number of fused-ring (bicyclic) bond motifs is 1. The Morgan fingerprint density at radius 1 is 0.854 bits per heavy atom. The number of ether oxygens (including phenoxy) is 1. The number of aliphatic carboxylic acids is 1. The van der Waals surface area contributed by atoms with Crippen LogP contribution < -0.4 is 10.1 Å². The lowest BCUT2D eigenvalue weighted by atomic mass is 9.97. The molecule has 0 atom stereocenters. The smallest absolute Gasteiger partial charge is 0.312 e. The van der Waals surface area contributed by atoms with Crippen molar-refractivity contribution in [2.45, 2.75) is 45.6 Å². The molecule has 0 spiro atoms. The summed E-state index contributed by atoms with van der Waals surface area (Å²) in [5.74, 6) is -0.269. The molecule has 2 N–H and O–H groups in total. The summed E-state index contributed by atoms with van der Waals surface area (Å²) in [6, 6.07) is 31.8. The Kier molecular flexibility index (Phi) is 8.79. The van der Waals surface area contributed by atoms with Crippen molar-refractivity contribution >= 4 is 28.5 Å². The van der Waals surface area contributed by atoms with E-state index in [1.807, 2.05) is 60.7 Å². The van der Waals surface area contributed by atoms with Crippen LogP contribution in [0.25, 0.3) is 22.1 Å². The molecule has 0 aliphatic carbocycles. The maximum atomic E-state index is 12.3. The monoisotopic (exact) mass is 547 g/mol. The van der Waals surface area contributed by atoms with Crippen LogP contribution in [-0.4, -0.2) is 17.0 Å². The number of furan rings is 1. The van der Waals surface area contributed by atoms with Crippen LogP contribution >= 0.6 is 0 Å². The molecule has 208 valence electrons. The average Bonchev–Trinajstić information content (AvgIpc) is 3.33. The topological polar surface area (TPSA) is 88.8 Å². The lowest BCUT2D eigenvalue weighted by Gasteiger charge is -2.14. The number of hydrogen-bond donors (Lipinski definition) is 2. The van der Waals surface area contributed by atoms with Crippen molar-refractivity contribution in [3.05, 3.63) is 120 Å². The van der Waals surface area contributed by atoms with Crippen molar-refractivity contribution in [1.29, 1.82) is 0 Å². The van der Waals surface area contributed by atoms with Gasteiger partial charge in [-0.15, -0.1) is 0 Å². The number of rotatable bonds is 12. The van der Waals surface area contributed by atoms with E-state index in [4.69, 9.17) is 14.3 Å². The number of carboxylic acid groups (broad SMARTS) is 1. The molecule has 1 aromatic heterocycles. The van der Waals surface area contributed by atoms with Crippen molar-refractivity contribution in [2.24, 2.45) is 0 Å². The van der Waals surface area contributed by atoms with Gasteiger partial charge in [0.25, 0.3) is 0 Å². The summed E-state index contributed by atoms with van der Waals surface area (Å²) in [5, 5.41) is 12.9. The van der Waals surface area contributed by atoms with Gasteiger partial charge in [-0.1, -0.05) is 92.2 Å². The molecule has 1 amide bonds. The molecule has 0 bridgehead atoms. The van der Waals surface area contributed by atoms with Crippen molar-refractivity contribution in [1.82, 2.24) is 0 Å². The van der Waals surface area contributed by atoms with Gasteiger partial charge in [0.15, 0.2) is 0 Å². The van der Waals surface area contributed by atoms with E-state index in [1.165, 1.54) is 11.1 Å². The van der Waals surface area contributed by atoms with E-state index >= 15 is 0 Å². The summed E-state index contributed by atoms with van der Waals surface area (Å²) >= 11 is 0. The Morgan fingerprint density at radius 2 is 1.59 bits per heavy atom. The summed E-state index contributed by atoms with van der Waals surface area (Å²) in [4.78, 5) is 23.4. The first-order valence-electron chi connectivity index (χ1n) is 13.9. The fourth-order valence-corrected chi connectivity index (χ4v) is 4.90. The third kappa shape index (κ3) is 7.03. The molecule has 0 saturated carbocycles. The van der Waals surface area contributed by atoms with Crippen LogP contribution in [0.4, 0.5) is 5.69 Å². The predicted octanol–water partition coefficient (Wildman–Crippen LogP) is 8.03. The third-order valence-corrected chi connectivity index (χ3v) is 7.01. The second-order valence-corrected chi connectivity index (χ2v) is 10.1. The zero-order valence-electron chi connectivity index (χ0n) is 23.1. The van der Waals surface area contributed by atoms with Crippen molar-refractivity contribution in [3.63, 3.8) is 0 Å². The summed E-state index contributed by atoms with van der Waals surface area (Å²) in [7, 11) is 0. The average molecular weight is 548 g/mol. The first-order valence-corrected chi connectivity index (χ1v) is 13.9. The Morgan fingerprint density at radius 3 is 2.34 bits per heavy atom. The zero-order valence-corrected chi connectivity index (χ0v) is 23.1. The Bertz CT molecular complexity index is 1640. The molecule has 41 heavy (non-hydrogen) atoms. The zero-order chi connectivity index (χ0) is 28.6. The van der Waals surface area contributed by atoms with Gasteiger partial charge in [-0.05, 0) is 46.9 Å². The molecule has 0 radical (unpaired) electrons. The number of hydrogen-bond acceptors (Lipinski definition) is 4. The Balaban J connectivity index is 1.38. The van der Waals surface area contributed by atoms with Gasteiger partial charge in [0.2, 0.25) is 5.91 Å². The lowest BCUT2D eigenvalue weighted by molar-refractivity contribution is -0.139. The number of nitrogens with one attached hydrogen (secondary N) is 1. The second-order valence-electron chi connectivity index (χ2n) is 10.1. The highest BCUT2D eigenvalue weighted by Crippen LogP contribution is 2.33. The van der Waals surface area contributed by atoms with Crippen LogP contribution in [0.3, 0.4) is 0 Å². The molecule has 0 unspecified atom stereocenters. The summed E-state index contributed by atoms with van der Waals surface area (Å²) in [6.45, 7) is 2.51. The first-order chi connectivity index (χ1) is 20.0. The van der Waals surface area contributed by atoms with Crippen LogP contribution in [0.1, 0.15) is 48.6 Å². The van der Waals surface area contributed by atoms with E-state index in [1.54, 1.807) is 6.07 Å². The van der Waals surface area contributed by atoms with Gasteiger partial charge < -0.3 is 19.6 Å². The number of carboxylic acids is 1. The van der Waals surface area contributed by atoms with E-state index in [2.05, 4.69) is 42.6 Å². The van der Waals surface area contributed by atoms with Crippen LogP contribution in [-0.2, 0) is 29.0 Å². The van der Waals surface area contributed by atoms with Gasteiger partial charge in [0, 0.05) is 23.8 Å². The molecule has 0 fully saturated rings. The third-order valence-electron chi connectivity index (χ3n) is 7.01. The van der Waals surface area contributed by atoms with Crippen molar-refractivity contribution in [2.75, 3.05) is 5.32 Å². The van der Waals surface area contributed by atoms with Crippen LogP contribution in [0.5, 0.6) is 5.75 Å². The number of amides is 1. The molecule has 0 saturated heterocycles. The summed E-state index contributed by atoms with van der Waals surface area (Å²) < 4.78 is 12.2. The molecule has 0 aliphatic rings. The number of carbonyl (C=O) groups excluding carboxylic acids is 1. The second kappa shape index (κ2) is 13.0. The molecule has 5 aromatic rings. The summed E-state index contributed by atoms with van der Waals surface area (Å²) in [6.07, 6.45) is 3.27. The van der Waals surface area contributed by atoms with E-state index < -0.39 is 18.3 Å². The van der Waals surface area contributed by atoms with Gasteiger partial charge in [0.1, 0.15) is 30.1 Å². The normalized spacial score (nSPS) is 11.0. The summed E-state index contributed by atoms with van der Waals surface area (Å²) in [5.41, 5.74) is 6.61. The van der Waals surface area contributed by atoms with Gasteiger partial charge in [-0.25, -0.2) is 0 Å². The highest BCUT2D eigenvalue weighted by Gasteiger charge is 2.16. The van der Waals surface area contributed by atoms with Crippen LogP contribution in [0.15, 0.2) is 101 Å². The maximum Gasteiger partial charge on any atom is 0.312 e. The number of unbranched alkanes of at least 4 members (excludes halogenated alkanes) is 1. The minimum absolute atomic E-state index is 0.319. The molecule has 1 heterocycles. The highest BCUT2D eigenvalue weighted by atomic mass is 16.5. The van der Waals surface area contributed by atoms with Crippen molar-refractivity contribution in [3.8, 4) is 16.9 Å². The lowest BCUT2D eigenvalue weighted by Crippen LogP contribution is -2.16. The van der Waals surface area contributed by atoms with Crippen molar-refractivity contribution < 1.29 is 23.8 Å². The van der Waals surface area contributed by atoms with Gasteiger partial charge in [0.05, 0.1) is 5.69 Å². The van der Waals surface area contributed by atoms with Gasteiger partial charge >= 0.3 is 5.97 Å². The van der Waals surface area contributed by atoms with Crippen LogP contribution in [0, 0.1) is 0 Å². The Labute approximate surface area is 239 Å². The molecular weight excluding hydrogens is 514 g/mol. The minimum Gasteiger partial charge on any atom is -0.487 e. The van der Waals surface area contributed by atoms with Crippen LogP contribution in [0.2, 0.25) is 0 Å². The van der Waals surface area contributed by atoms with E-state index in [0.29, 0.717) is 18.0 Å². The number of anilines is 1. The highest BCUT2D eigenvalue weighted by molar-refractivity contribution is 6.02. The fourth-order valence-electron chi connectivity index (χ4n) is 4.90.